The number of benzene rings is 1. The molecular weight excluding hydrogens is 477 g/mol. The van der Waals surface area contributed by atoms with Crippen LogP contribution in [0.5, 0.6) is 0 Å². The van der Waals surface area contributed by atoms with Gasteiger partial charge in [0.2, 0.25) is 0 Å². The summed E-state index contributed by atoms with van der Waals surface area (Å²) in [6.45, 7) is 0.338. The highest BCUT2D eigenvalue weighted by molar-refractivity contribution is 5.91. The Hall–Kier alpha value is -4.61. The van der Waals surface area contributed by atoms with Gasteiger partial charge in [0.25, 0.3) is 0 Å². The van der Waals surface area contributed by atoms with Crippen molar-refractivity contribution in [2.24, 2.45) is 0 Å². The fraction of sp³-hybridized carbons (Fsp3) is 0.167. The Kier molecular flexibility index (Phi) is 6.77. The number of urea groups is 1. The van der Waals surface area contributed by atoms with Crippen LogP contribution in [0.1, 0.15) is 5.56 Å². The third kappa shape index (κ3) is 5.22. The van der Waals surface area contributed by atoms with Crippen LogP contribution in [0.3, 0.4) is 0 Å². The first-order valence-corrected chi connectivity index (χ1v) is 10.7. The predicted octanol–water partition coefficient (Wildman–Crippen LogP) is 4.58. The first-order valence-electron chi connectivity index (χ1n) is 10.7. The van der Waals surface area contributed by atoms with Crippen LogP contribution in [0.15, 0.2) is 61.1 Å². The molecule has 186 valence electrons. The normalized spacial score (nSPS) is 11.2. The lowest BCUT2D eigenvalue weighted by molar-refractivity contribution is -0.129. The molecule has 0 atom stereocenters. The summed E-state index contributed by atoms with van der Waals surface area (Å²) in [5.41, 5.74) is 4.78. The highest BCUT2D eigenvalue weighted by atomic mass is 19.4. The number of nitrogens with one attached hydrogen (secondary N) is 2. The molecule has 0 aliphatic rings. The van der Waals surface area contributed by atoms with Crippen molar-refractivity contribution in [1.82, 2.24) is 19.7 Å². The van der Waals surface area contributed by atoms with Gasteiger partial charge in [-0.2, -0.15) is 13.2 Å². The average molecular weight is 498 g/mol. The van der Waals surface area contributed by atoms with Crippen molar-refractivity contribution >= 4 is 29.7 Å². The molecule has 0 aliphatic heterocycles. The van der Waals surface area contributed by atoms with Crippen molar-refractivity contribution < 1.29 is 27.6 Å². The van der Waals surface area contributed by atoms with E-state index in [2.05, 4.69) is 20.1 Å². The van der Waals surface area contributed by atoms with Crippen LogP contribution in [0, 0.1) is 6.92 Å². The van der Waals surface area contributed by atoms with E-state index in [0.717, 1.165) is 22.5 Å². The van der Waals surface area contributed by atoms with Crippen molar-refractivity contribution in [3.8, 4) is 22.4 Å². The fourth-order valence-corrected chi connectivity index (χ4v) is 3.68. The number of carbonyl (C=O) groups is 2. The zero-order valence-electron chi connectivity index (χ0n) is 19.2. The van der Waals surface area contributed by atoms with Gasteiger partial charge in [0.05, 0.1) is 17.6 Å². The number of hydrogen-bond acceptors (Lipinski definition) is 6. The molecule has 0 fully saturated rings. The number of aryl methyl sites for hydroxylation is 1. The summed E-state index contributed by atoms with van der Waals surface area (Å²) < 4.78 is 39.3. The number of anilines is 2. The molecule has 0 spiro atoms. The molecule has 0 saturated heterocycles. The molecule has 36 heavy (non-hydrogen) atoms. The average Bonchev–Trinajstić information content (AvgIpc) is 3.29. The van der Waals surface area contributed by atoms with Crippen LogP contribution >= 0.6 is 0 Å². The Balaban J connectivity index is 1.65. The summed E-state index contributed by atoms with van der Waals surface area (Å²) in [7, 11) is 1.81. The number of imidazole rings is 1. The maximum Gasteiger partial charge on any atom is 0.405 e. The molecule has 0 aliphatic carbocycles. The molecular formula is C24H21F3N6O3. The largest absolute Gasteiger partial charge is 0.405 e. The number of pyridine rings is 2. The number of halogens is 3. The van der Waals surface area contributed by atoms with Crippen molar-refractivity contribution in [1.29, 1.82) is 0 Å². The van der Waals surface area contributed by atoms with Gasteiger partial charge in [-0.05, 0) is 48.4 Å². The summed E-state index contributed by atoms with van der Waals surface area (Å²) in [5.74, 6) is 0.794. The van der Waals surface area contributed by atoms with Crippen molar-refractivity contribution in [2.45, 2.75) is 13.1 Å². The SMILES string of the molecule is CNc1ncc(-c2ccn3c(-c4cccc(N(OC=O)C(=O)NCC(F)(F)F)c4)cnc3c2)cc1C. The number of fused-ring (bicyclic) bond motifs is 1. The molecule has 4 rings (SSSR count). The minimum atomic E-state index is -4.62. The maximum absolute atomic E-state index is 12.5. The van der Waals surface area contributed by atoms with Crippen LogP contribution in [0.2, 0.25) is 0 Å². The van der Waals surface area contributed by atoms with Crippen LogP contribution in [-0.2, 0) is 9.63 Å². The predicted molar refractivity (Wildman–Crippen MR) is 127 cm³/mol. The first-order chi connectivity index (χ1) is 17.2. The summed E-state index contributed by atoms with van der Waals surface area (Å²) in [4.78, 5) is 36.7. The van der Waals surface area contributed by atoms with Gasteiger partial charge in [-0.1, -0.05) is 12.1 Å². The van der Waals surface area contributed by atoms with Gasteiger partial charge in [0.15, 0.2) is 0 Å². The Morgan fingerprint density at radius 2 is 1.92 bits per heavy atom. The van der Waals surface area contributed by atoms with E-state index < -0.39 is 18.8 Å². The quantitative estimate of drug-likeness (QED) is 0.286. The summed E-state index contributed by atoms with van der Waals surface area (Å²) in [6, 6.07) is 10.8. The fourth-order valence-electron chi connectivity index (χ4n) is 3.68. The van der Waals surface area contributed by atoms with Crippen molar-refractivity contribution in [2.75, 3.05) is 24.0 Å². The Bertz CT molecular complexity index is 1420. The van der Waals surface area contributed by atoms with Crippen molar-refractivity contribution in [3.05, 3.63) is 66.6 Å². The minimum absolute atomic E-state index is 0.0464. The molecule has 1 aromatic carbocycles. The number of amides is 2. The highest BCUT2D eigenvalue weighted by Crippen LogP contribution is 2.29. The van der Waals surface area contributed by atoms with Gasteiger partial charge in [-0.15, -0.1) is 5.06 Å². The van der Waals surface area contributed by atoms with E-state index in [1.807, 2.05) is 35.7 Å². The van der Waals surface area contributed by atoms with Gasteiger partial charge in [-0.3, -0.25) is 9.20 Å². The van der Waals surface area contributed by atoms with E-state index in [9.17, 15) is 22.8 Å². The number of hydrogen-bond donors (Lipinski definition) is 2. The standard InChI is InChI=1S/C24H21F3N6O3/c1-15-8-18(11-30-22(15)28-2)16-6-7-32-20(12-29-21(32)10-16)17-4-3-5-19(9-17)33(36-14-34)23(35)31-13-24(25,26)27/h3-12,14H,13H2,1-2H3,(H,28,30)(H,31,35). The number of hydroxylamine groups is 1. The molecule has 3 heterocycles. The lowest BCUT2D eigenvalue weighted by Gasteiger charge is -2.20. The number of carbonyl (C=O) groups excluding carboxylic acids is 2. The minimum Gasteiger partial charge on any atom is -0.373 e. The van der Waals surface area contributed by atoms with E-state index in [1.54, 1.807) is 36.9 Å². The smallest absolute Gasteiger partial charge is 0.373 e. The van der Waals surface area contributed by atoms with Gasteiger partial charge in [0.1, 0.15) is 18.0 Å². The van der Waals surface area contributed by atoms with Gasteiger partial charge >= 0.3 is 18.7 Å². The lowest BCUT2D eigenvalue weighted by atomic mass is 10.1. The molecule has 9 nitrogen and oxygen atoms in total. The van der Waals surface area contributed by atoms with Crippen LogP contribution in [-0.4, -0.2) is 46.6 Å². The third-order valence-electron chi connectivity index (χ3n) is 5.31. The molecule has 0 saturated carbocycles. The molecule has 2 amide bonds. The maximum atomic E-state index is 12.5. The number of rotatable bonds is 7. The zero-order valence-corrected chi connectivity index (χ0v) is 19.2. The molecule has 0 radical (unpaired) electrons. The Labute approximate surface area is 203 Å². The van der Waals surface area contributed by atoms with Gasteiger partial charge in [0, 0.05) is 30.6 Å². The molecule has 4 aromatic rings. The number of alkyl halides is 3. The molecule has 12 heteroatoms. The van der Waals surface area contributed by atoms with E-state index in [1.165, 1.54) is 12.1 Å². The van der Waals surface area contributed by atoms with Gasteiger partial charge in [-0.25, -0.2) is 14.8 Å². The first kappa shape index (κ1) is 24.5. The number of nitrogens with zero attached hydrogens (tertiary/aromatic N) is 4. The summed E-state index contributed by atoms with van der Waals surface area (Å²) in [6.07, 6.45) is 0.601. The monoisotopic (exact) mass is 498 g/mol. The van der Waals surface area contributed by atoms with Crippen LogP contribution in [0.4, 0.5) is 29.5 Å². The second-order valence-electron chi connectivity index (χ2n) is 7.75. The lowest BCUT2D eigenvalue weighted by Crippen LogP contribution is -2.43. The molecule has 3 aromatic heterocycles. The van der Waals surface area contributed by atoms with Crippen LogP contribution < -0.4 is 15.7 Å². The van der Waals surface area contributed by atoms with E-state index in [-0.39, 0.29) is 12.2 Å². The second-order valence-corrected chi connectivity index (χ2v) is 7.75. The van der Waals surface area contributed by atoms with E-state index in [4.69, 9.17) is 0 Å². The second kappa shape index (κ2) is 9.94. The van der Waals surface area contributed by atoms with Crippen molar-refractivity contribution in [3.63, 3.8) is 0 Å². The summed E-state index contributed by atoms with van der Waals surface area (Å²) >= 11 is 0. The van der Waals surface area contributed by atoms with E-state index in [0.29, 0.717) is 22.0 Å². The molecule has 0 unspecified atom stereocenters. The Morgan fingerprint density at radius 3 is 2.61 bits per heavy atom. The summed E-state index contributed by atoms with van der Waals surface area (Å²) in [5, 5.41) is 5.16. The van der Waals surface area contributed by atoms with Gasteiger partial charge < -0.3 is 15.5 Å². The van der Waals surface area contributed by atoms with Crippen LogP contribution in [0.25, 0.3) is 28.0 Å². The molecule has 0 bridgehead atoms. The highest BCUT2D eigenvalue weighted by Gasteiger charge is 2.30. The zero-order chi connectivity index (χ0) is 25.9. The topological polar surface area (TPSA) is 101 Å². The Morgan fingerprint density at radius 1 is 1.11 bits per heavy atom. The number of aromatic nitrogens is 3. The third-order valence-corrected chi connectivity index (χ3v) is 5.31. The van der Waals surface area contributed by atoms with E-state index >= 15 is 0 Å². The molecule has 2 N–H and O–H groups in total.